The number of benzene rings is 3. The standard InChI is InChI=1S/C28H24N2S/c29-21-19-23-11-15-27(16-12-23)31(25-7-3-1-4-8-25,26-9-5-2-6-10-26)28-17-13-24(14-18-28)20-22-30/h1-13,15-17H,14,18-20H2. The number of hydrogen-bond acceptors (Lipinski definition) is 2. The van der Waals surface area contributed by atoms with Crippen LogP contribution in [-0.4, -0.2) is 0 Å². The molecule has 3 aromatic carbocycles. The fourth-order valence-corrected chi connectivity index (χ4v) is 8.26. The van der Waals surface area contributed by atoms with E-state index in [1.807, 2.05) is 0 Å². The van der Waals surface area contributed by atoms with E-state index in [1.165, 1.54) is 25.2 Å². The van der Waals surface area contributed by atoms with Crippen molar-refractivity contribution in [2.24, 2.45) is 0 Å². The van der Waals surface area contributed by atoms with Gasteiger partial charge < -0.3 is 0 Å². The van der Waals surface area contributed by atoms with Crippen molar-refractivity contribution < 1.29 is 0 Å². The zero-order valence-electron chi connectivity index (χ0n) is 17.4. The Balaban J connectivity index is 1.99. The van der Waals surface area contributed by atoms with E-state index in [9.17, 15) is 0 Å². The molecule has 3 aromatic rings. The first-order valence-electron chi connectivity index (χ1n) is 10.4. The number of hydrogen-bond donors (Lipinski definition) is 0. The maximum atomic E-state index is 9.12. The van der Waals surface area contributed by atoms with Gasteiger partial charge in [0, 0.05) is 14.7 Å². The van der Waals surface area contributed by atoms with Gasteiger partial charge in [-0.15, -0.1) is 10.0 Å². The normalized spacial score (nSPS) is 14.0. The minimum Gasteiger partial charge on any atom is -0.198 e. The maximum Gasteiger partial charge on any atom is 0.0669 e. The van der Waals surface area contributed by atoms with Gasteiger partial charge in [0.1, 0.15) is 0 Å². The zero-order valence-corrected chi connectivity index (χ0v) is 18.2. The third kappa shape index (κ3) is 4.06. The van der Waals surface area contributed by atoms with Crippen LogP contribution in [0.1, 0.15) is 24.8 Å². The molecule has 0 heterocycles. The van der Waals surface area contributed by atoms with Crippen molar-refractivity contribution in [2.75, 3.05) is 0 Å². The van der Waals surface area contributed by atoms with Gasteiger partial charge in [-0.3, -0.25) is 0 Å². The second kappa shape index (κ2) is 9.52. The van der Waals surface area contributed by atoms with E-state index in [0.717, 1.165) is 18.4 Å². The van der Waals surface area contributed by atoms with Crippen LogP contribution < -0.4 is 0 Å². The number of allylic oxidation sites excluding steroid dienone is 4. The zero-order chi connectivity index (χ0) is 21.5. The average molecular weight is 421 g/mol. The Morgan fingerprint density at radius 2 is 1.16 bits per heavy atom. The smallest absolute Gasteiger partial charge is 0.0669 e. The lowest BCUT2D eigenvalue weighted by Gasteiger charge is -2.44. The molecule has 31 heavy (non-hydrogen) atoms. The minimum atomic E-state index is -1.65. The summed E-state index contributed by atoms with van der Waals surface area (Å²) >= 11 is 0. The second-order valence-corrected chi connectivity index (χ2v) is 10.7. The highest BCUT2D eigenvalue weighted by atomic mass is 32.3. The summed E-state index contributed by atoms with van der Waals surface area (Å²) in [6.45, 7) is 0. The van der Waals surface area contributed by atoms with Crippen LogP contribution in [0.15, 0.2) is 122 Å². The molecule has 0 saturated carbocycles. The van der Waals surface area contributed by atoms with Gasteiger partial charge in [0.25, 0.3) is 0 Å². The summed E-state index contributed by atoms with van der Waals surface area (Å²) in [5, 5.41) is 18.2. The molecule has 3 heteroatoms. The summed E-state index contributed by atoms with van der Waals surface area (Å²) in [5.74, 6) is 0. The molecule has 0 bridgehead atoms. The summed E-state index contributed by atoms with van der Waals surface area (Å²) in [6, 6.07) is 34.7. The molecule has 0 spiro atoms. The Hall–Kier alpha value is -3.53. The van der Waals surface area contributed by atoms with Gasteiger partial charge in [0.05, 0.1) is 25.0 Å². The topological polar surface area (TPSA) is 47.6 Å². The van der Waals surface area contributed by atoms with Crippen LogP contribution >= 0.6 is 10.0 Å². The molecule has 0 N–H and O–H groups in total. The molecule has 4 rings (SSSR count). The van der Waals surface area contributed by atoms with E-state index >= 15 is 0 Å². The molecule has 2 nitrogen and oxygen atoms in total. The van der Waals surface area contributed by atoms with Crippen LogP contribution in [0.3, 0.4) is 0 Å². The van der Waals surface area contributed by atoms with Crippen LogP contribution in [0, 0.1) is 22.7 Å². The molecule has 0 fully saturated rings. The van der Waals surface area contributed by atoms with Gasteiger partial charge in [0.2, 0.25) is 0 Å². The lowest BCUT2D eigenvalue weighted by molar-refractivity contribution is 0.913. The molecule has 1 aliphatic carbocycles. The van der Waals surface area contributed by atoms with Crippen molar-refractivity contribution in [3.63, 3.8) is 0 Å². The van der Waals surface area contributed by atoms with Gasteiger partial charge >= 0.3 is 0 Å². The van der Waals surface area contributed by atoms with Crippen molar-refractivity contribution in [3.05, 3.63) is 113 Å². The van der Waals surface area contributed by atoms with Crippen molar-refractivity contribution in [1.29, 1.82) is 10.5 Å². The third-order valence-electron chi connectivity index (χ3n) is 5.65. The lowest BCUT2D eigenvalue weighted by Crippen LogP contribution is -2.09. The quantitative estimate of drug-likeness (QED) is 0.413. The number of nitrogens with zero attached hydrogens (tertiary/aromatic N) is 2. The molecule has 152 valence electrons. The Labute approximate surface area is 186 Å². The number of nitriles is 2. The van der Waals surface area contributed by atoms with E-state index in [1.54, 1.807) is 0 Å². The summed E-state index contributed by atoms with van der Waals surface area (Å²) in [6.07, 6.45) is 7.18. The minimum absolute atomic E-state index is 0.419. The highest BCUT2D eigenvalue weighted by Gasteiger charge is 2.35. The van der Waals surface area contributed by atoms with Crippen molar-refractivity contribution in [1.82, 2.24) is 0 Å². The Morgan fingerprint density at radius 3 is 1.65 bits per heavy atom. The third-order valence-corrected chi connectivity index (χ3v) is 9.72. The fraction of sp³-hybridized carbons (Fsp3) is 0.143. The summed E-state index contributed by atoms with van der Waals surface area (Å²) in [5.41, 5.74) is 2.24. The molecular weight excluding hydrogens is 396 g/mol. The SMILES string of the molecule is N#CCC1=CC=C(S(c2ccccc2)(c2ccccc2)c2ccc(CC#N)cc2)CC1. The summed E-state index contributed by atoms with van der Waals surface area (Å²) < 4.78 is 0. The molecule has 0 radical (unpaired) electrons. The molecule has 0 unspecified atom stereocenters. The molecule has 0 aliphatic heterocycles. The van der Waals surface area contributed by atoms with E-state index in [0.29, 0.717) is 12.8 Å². The largest absolute Gasteiger partial charge is 0.198 e. The highest BCUT2D eigenvalue weighted by Crippen LogP contribution is 2.74. The monoisotopic (exact) mass is 420 g/mol. The fourth-order valence-electron chi connectivity index (χ4n) is 4.18. The highest BCUT2D eigenvalue weighted by molar-refractivity contribution is 8.37. The predicted molar refractivity (Wildman–Crippen MR) is 127 cm³/mol. The van der Waals surface area contributed by atoms with Crippen LogP contribution in [0.5, 0.6) is 0 Å². The maximum absolute atomic E-state index is 9.12. The van der Waals surface area contributed by atoms with E-state index in [-0.39, 0.29) is 0 Å². The Kier molecular flexibility index (Phi) is 6.37. The average Bonchev–Trinajstić information content (AvgIpc) is 2.83. The van der Waals surface area contributed by atoms with Crippen LogP contribution in [0.4, 0.5) is 0 Å². The van der Waals surface area contributed by atoms with Crippen LogP contribution in [-0.2, 0) is 6.42 Å². The van der Waals surface area contributed by atoms with Crippen LogP contribution in [0.25, 0.3) is 0 Å². The first-order chi connectivity index (χ1) is 15.3. The second-order valence-electron chi connectivity index (χ2n) is 7.51. The first kappa shape index (κ1) is 20.7. The van der Waals surface area contributed by atoms with Crippen molar-refractivity contribution in [2.45, 2.75) is 40.4 Å². The van der Waals surface area contributed by atoms with Crippen molar-refractivity contribution in [3.8, 4) is 12.1 Å². The van der Waals surface area contributed by atoms with E-state index in [2.05, 4.69) is 109 Å². The van der Waals surface area contributed by atoms with E-state index < -0.39 is 10.0 Å². The van der Waals surface area contributed by atoms with Gasteiger partial charge in [-0.2, -0.15) is 10.5 Å². The first-order valence-corrected chi connectivity index (χ1v) is 12.1. The van der Waals surface area contributed by atoms with Crippen molar-refractivity contribution >= 4 is 10.0 Å². The molecule has 0 atom stereocenters. The molecule has 0 amide bonds. The lowest BCUT2D eigenvalue weighted by atomic mass is 10.0. The van der Waals surface area contributed by atoms with Crippen LogP contribution in [0.2, 0.25) is 0 Å². The Morgan fingerprint density at radius 1 is 0.613 bits per heavy atom. The van der Waals surface area contributed by atoms with Gasteiger partial charge in [-0.1, -0.05) is 66.3 Å². The molecule has 0 saturated heterocycles. The summed E-state index contributed by atoms with van der Waals surface area (Å²) in [4.78, 5) is 5.28. The Bertz CT molecular complexity index is 1140. The van der Waals surface area contributed by atoms with Gasteiger partial charge in [-0.25, -0.2) is 0 Å². The van der Waals surface area contributed by atoms with Gasteiger partial charge in [0.15, 0.2) is 0 Å². The predicted octanol–water partition coefficient (Wildman–Crippen LogP) is 7.55. The van der Waals surface area contributed by atoms with E-state index in [4.69, 9.17) is 10.5 Å². The molecular formula is C28H24N2S. The number of rotatable bonds is 6. The summed E-state index contributed by atoms with van der Waals surface area (Å²) in [7, 11) is -1.65. The molecule has 1 aliphatic rings. The van der Waals surface area contributed by atoms with Gasteiger partial charge in [-0.05, 0) is 59.7 Å². The molecule has 0 aromatic heterocycles.